The van der Waals surface area contributed by atoms with E-state index in [-0.39, 0.29) is 17.9 Å². The zero-order valence-electron chi connectivity index (χ0n) is 9.12. The third-order valence-corrected chi connectivity index (χ3v) is 2.32. The highest BCUT2D eigenvalue weighted by Crippen LogP contribution is 2.31. The fraction of sp³-hybridized carbons (Fsp3) is 0.900. The van der Waals surface area contributed by atoms with Crippen molar-refractivity contribution in [1.29, 1.82) is 0 Å². The number of carbonyl (C=O) groups is 1. The highest BCUT2D eigenvalue weighted by atomic mass is 17.1. The van der Waals surface area contributed by atoms with Crippen molar-refractivity contribution >= 4 is 5.97 Å². The van der Waals surface area contributed by atoms with Crippen LogP contribution in [0.3, 0.4) is 0 Å². The predicted molar refractivity (Wildman–Crippen MR) is 52.6 cm³/mol. The first kappa shape index (κ1) is 13.4. The molecule has 14 heavy (non-hydrogen) atoms. The average molecular weight is 204 g/mol. The van der Waals surface area contributed by atoms with Crippen LogP contribution in [0.15, 0.2) is 0 Å². The average Bonchev–Trinajstić information content (AvgIpc) is 2.09. The fourth-order valence-electron chi connectivity index (χ4n) is 1.43. The second-order valence-corrected chi connectivity index (χ2v) is 4.55. The molecule has 0 saturated carbocycles. The monoisotopic (exact) mass is 204 g/mol. The van der Waals surface area contributed by atoms with Gasteiger partial charge in [-0.05, 0) is 18.3 Å². The van der Waals surface area contributed by atoms with Crippen LogP contribution in [0.5, 0.6) is 0 Å². The van der Waals surface area contributed by atoms with E-state index in [1.165, 1.54) is 0 Å². The first-order valence-corrected chi connectivity index (χ1v) is 4.89. The van der Waals surface area contributed by atoms with Gasteiger partial charge in [0.15, 0.2) is 0 Å². The summed E-state index contributed by atoms with van der Waals surface area (Å²) in [4.78, 5) is 15.0. The van der Waals surface area contributed by atoms with E-state index in [4.69, 9.17) is 10.4 Å². The van der Waals surface area contributed by atoms with Crippen molar-refractivity contribution in [3.8, 4) is 0 Å². The van der Waals surface area contributed by atoms with Gasteiger partial charge in [0.05, 0.1) is 5.92 Å². The molecule has 0 bridgehead atoms. The summed E-state index contributed by atoms with van der Waals surface area (Å²) in [6.45, 7) is 5.90. The van der Waals surface area contributed by atoms with Gasteiger partial charge < -0.3 is 9.99 Å². The summed E-state index contributed by atoms with van der Waals surface area (Å²) in [6, 6.07) is 0. The number of aliphatic hydroxyl groups excluding tert-OH is 1. The van der Waals surface area contributed by atoms with E-state index in [9.17, 15) is 4.79 Å². The molecule has 1 unspecified atom stereocenters. The molecule has 1 atom stereocenters. The number of aliphatic hydroxyl groups is 1. The topological polar surface area (TPSA) is 66.8 Å². The number of hydrogen-bond acceptors (Lipinski definition) is 4. The van der Waals surface area contributed by atoms with Gasteiger partial charge in [-0.1, -0.05) is 27.2 Å². The molecule has 0 spiro atoms. The van der Waals surface area contributed by atoms with Gasteiger partial charge >= 0.3 is 5.97 Å². The smallest absolute Gasteiger partial charge is 0.345 e. The molecular weight excluding hydrogens is 184 g/mol. The minimum atomic E-state index is -0.588. The molecule has 0 aromatic carbocycles. The Kier molecular flexibility index (Phi) is 5.72. The maximum Gasteiger partial charge on any atom is 0.345 e. The van der Waals surface area contributed by atoms with Gasteiger partial charge in [0.2, 0.25) is 0 Å². The van der Waals surface area contributed by atoms with Gasteiger partial charge in [-0.15, -0.1) is 0 Å². The Bertz CT molecular complexity index is 171. The summed E-state index contributed by atoms with van der Waals surface area (Å²) in [7, 11) is 0. The lowest BCUT2D eigenvalue weighted by molar-refractivity contribution is -0.242. The Labute approximate surface area is 84.8 Å². The Balaban J connectivity index is 4.19. The van der Waals surface area contributed by atoms with Crippen LogP contribution in [0, 0.1) is 11.3 Å². The van der Waals surface area contributed by atoms with E-state index >= 15 is 0 Å². The van der Waals surface area contributed by atoms with Crippen LogP contribution in [0.2, 0.25) is 0 Å². The lowest BCUT2D eigenvalue weighted by Gasteiger charge is -2.27. The number of carbonyl (C=O) groups excluding carboxylic acids is 1. The van der Waals surface area contributed by atoms with Crippen LogP contribution in [0.4, 0.5) is 0 Å². The molecule has 84 valence electrons. The van der Waals surface area contributed by atoms with Crippen LogP contribution in [-0.2, 0) is 9.68 Å². The second kappa shape index (κ2) is 5.98. The van der Waals surface area contributed by atoms with Crippen molar-refractivity contribution in [2.24, 2.45) is 11.3 Å². The van der Waals surface area contributed by atoms with Crippen molar-refractivity contribution in [2.45, 2.75) is 40.0 Å². The third-order valence-electron chi connectivity index (χ3n) is 2.32. The highest BCUT2D eigenvalue weighted by Gasteiger charge is 2.32. The van der Waals surface area contributed by atoms with E-state index in [2.05, 4.69) is 4.89 Å². The SMILES string of the molecule is CC(C)(C)C(CCCCO)C(=O)OO. The van der Waals surface area contributed by atoms with Gasteiger partial charge in [-0.2, -0.15) is 5.26 Å². The van der Waals surface area contributed by atoms with E-state index < -0.39 is 5.97 Å². The molecule has 0 aliphatic carbocycles. The molecule has 4 nitrogen and oxygen atoms in total. The summed E-state index contributed by atoms with van der Waals surface area (Å²) >= 11 is 0. The molecule has 0 rings (SSSR count). The Morgan fingerprint density at radius 3 is 2.29 bits per heavy atom. The van der Waals surface area contributed by atoms with Gasteiger partial charge in [0.1, 0.15) is 0 Å². The normalized spacial score (nSPS) is 13.8. The van der Waals surface area contributed by atoms with E-state index in [1.54, 1.807) is 0 Å². The van der Waals surface area contributed by atoms with E-state index in [1.807, 2.05) is 20.8 Å². The Morgan fingerprint density at radius 1 is 1.36 bits per heavy atom. The summed E-state index contributed by atoms with van der Waals surface area (Å²) in [5.74, 6) is -0.908. The molecule has 0 aromatic heterocycles. The number of rotatable bonds is 5. The quantitative estimate of drug-likeness (QED) is 0.407. The number of unbranched alkanes of at least 4 members (excludes halogenated alkanes) is 1. The summed E-state index contributed by atoms with van der Waals surface area (Å²) in [5.41, 5.74) is -0.227. The molecule has 0 saturated heterocycles. The molecule has 4 heteroatoms. The molecule has 0 amide bonds. The van der Waals surface area contributed by atoms with Crippen molar-refractivity contribution < 1.29 is 20.0 Å². The highest BCUT2D eigenvalue weighted by molar-refractivity contribution is 5.72. The lowest BCUT2D eigenvalue weighted by atomic mass is 9.78. The molecular formula is C10H20O4. The first-order chi connectivity index (χ1) is 6.43. The fourth-order valence-corrected chi connectivity index (χ4v) is 1.43. The zero-order valence-corrected chi connectivity index (χ0v) is 9.12. The molecule has 0 aliphatic rings. The first-order valence-electron chi connectivity index (χ1n) is 4.89. The van der Waals surface area contributed by atoms with Gasteiger partial charge in [0.25, 0.3) is 0 Å². The second-order valence-electron chi connectivity index (χ2n) is 4.55. The predicted octanol–water partition coefficient (Wildman–Crippen LogP) is 1.83. The Morgan fingerprint density at radius 2 is 1.93 bits per heavy atom. The molecule has 0 fully saturated rings. The summed E-state index contributed by atoms with van der Waals surface area (Å²) < 4.78 is 0. The molecule has 2 N–H and O–H groups in total. The van der Waals surface area contributed by atoms with E-state index in [0.29, 0.717) is 12.8 Å². The molecule has 0 aliphatic heterocycles. The maximum atomic E-state index is 11.2. The third kappa shape index (κ3) is 4.58. The van der Waals surface area contributed by atoms with Crippen LogP contribution in [-0.4, -0.2) is 22.9 Å². The molecule has 0 radical (unpaired) electrons. The van der Waals surface area contributed by atoms with Crippen LogP contribution < -0.4 is 0 Å². The van der Waals surface area contributed by atoms with Crippen LogP contribution >= 0.6 is 0 Å². The van der Waals surface area contributed by atoms with Crippen molar-refractivity contribution in [3.05, 3.63) is 0 Å². The van der Waals surface area contributed by atoms with Crippen molar-refractivity contribution in [3.63, 3.8) is 0 Å². The van der Waals surface area contributed by atoms with Gasteiger partial charge in [-0.3, -0.25) is 0 Å². The van der Waals surface area contributed by atoms with Crippen molar-refractivity contribution in [2.75, 3.05) is 6.61 Å². The standard InChI is InChI=1S/C10H20O4/c1-10(2,3)8(9(12)14-13)6-4-5-7-11/h8,11,13H,4-7H2,1-3H3. The zero-order chi connectivity index (χ0) is 11.2. The Hall–Kier alpha value is -0.610. The van der Waals surface area contributed by atoms with Crippen LogP contribution in [0.1, 0.15) is 40.0 Å². The minimum absolute atomic E-state index is 0.130. The van der Waals surface area contributed by atoms with Crippen LogP contribution in [0.25, 0.3) is 0 Å². The summed E-state index contributed by atoms with van der Waals surface area (Å²) in [5, 5.41) is 16.9. The molecule has 0 heterocycles. The molecule has 0 aromatic rings. The maximum absolute atomic E-state index is 11.2. The van der Waals surface area contributed by atoms with Gasteiger partial charge in [0, 0.05) is 6.61 Å². The number of hydrogen-bond donors (Lipinski definition) is 2. The van der Waals surface area contributed by atoms with Gasteiger partial charge in [-0.25, -0.2) is 4.79 Å². The minimum Gasteiger partial charge on any atom is -0.396 e. The largest absolute Gasteiger partial charge is 0.396 e. The van der Waals surface area contributed by atoms with Crippen molar-refractivity contribution in [1.82, 2.24) is 0 Å². The van der Waals surface area contributed by atoms with E-state index in [0.717, 1.165) is 6.42 Å². The summed E-state index contributed by atoms with van der Waals surface area (Å²) in [6.07, 6.45) is 2.06. The lowest BCUT2D eigenvalue weighted by Crippen LogP contribution is -2.29.